The third-order valence-electron chi connectivity index (χ3n) is 2.78. The molecule has 2 rings (SSSR count). The molecule has 2 aromatic rings. The number of hydrogen-bond donors (Lipinski definition) is 0. The second kappa shape index (κ2) is 7.39. The fourth-order valence-corrected chi connectivity index (χ4v) is 3.30. The van der Waals surface area contributed by atoms with Crippen LogP contribution in [0.25, 0.3) is 11.3 Å². The molecule has 0 unspecified atom stereocenters. The van der Waals surface area contributed by atoms with Crippen molar-refractivity contribution < 1.29 is 4.42 Å². The van der Waals surface area contributed by atoms with Crippen LogP contribution in [0.15, 0.2) is 49.3 Å². The predicted molar refractivity (Wildman–Crippen MR) is 87.9 cm³/mol. The molecule has 5 heteroatoms. The molecule has 1 aromatic heterocycles. The van der Waals surface area contributed by atoms with Crippen molar-refractivity contribution in [2.24, 2.45) is 0 Å². The molecular weight excluding hydrogens is 302 g/mol. The van der Waals surface area contributed by atoms with Gasteiger partial charge in [0.1, 0.15) is 11.8 Å². The zero-order valence-electron chi connectivity index (χ0n) is 11.9. The molecule has 3 nitrogen and oxygen atoms in total. The smallest absolute Gasteiger partial charge is 0.355 e. The minimum absolute atomic E-state index is 0.0868. The Labute approximate surface area is 132 Å². The van der Waals surface area contributed by atoms with Gasteiger partial charge in [-0.1, -0.05) is 26.0 Å². The van der Waals surface area contributed by atoms with E-state index in [0.29, 0.717) is 10.7 Å². The molecule has 0 radical (unpaired) electrons. The van der Waals surface area contributed by atoms with Gasteiger partial charge in [0.2, 0.25) is 0 Å². The molecule has 0 fully saturated rings. The van der Waals surface area contributed by atoms with Crippen molar-refractivity contribution in [3.8, 4) is 17.4 Å². The molecule has 0 N–H and O–H groups in total. The molecule has 1 heterocycles. The highest BCUT2D eigenvalue weighted by Gasteiger charge is 2.12. The maximum atomic E-state index is 11.9. The van der Waals surface area contributed by atoms with Gasteiger partial charge in [-0.15, -0.1) is 23.5 Å². The Morgan fingerprint density at radius 3 is 2.38 bits per heavy atom. The van der Waals surface area contributed by atoms with Gasteiger partial charge in [0.25, 0.3) is 0 Å². The molecule has 0 amide bonds. The topological polar surface area (TPSA) is 54.0 Å². The largest absolute Gasteiger partial charge is 0.422 e. The highest BCUT2D eigenvalue weighted by atomic mass is 32.2. The summed E-state index contributed by atoms with van der Waals surface area (Å²) in [5.41, 5.74) is 0.358. The number of hydrogen-bond acceptors (Lipinski definition) is 5. The first kappa shape index (κ1) is 15.7. The van der Waals surface area contributed by atoms with Gasteiger partial charge < -0.3 is 4.42 Å². The van der Waals surface area contributed by atoms with Crippen LogP contribution >= 0.6 is 23.5 Å². The van der Waals surface area contributed by atoms with Gasteiger partial charge in [0, 0.05) is 15.4 Å². The molecule has 0 saturated heterocycles. The highest BCUT2D eigenvalue weighted by Crippen LogP contribution is 2.28. The summed E-state index contributed by atoms with van der Waals surface area (Å²) in [6.07, 6.45) is 0. The molecule has 108 valence electrons. The third-order valence-corrected chi connectivity index (χ3v) is 4.59. The van der Waals surface area contributed by atoms with E-state index in [4.69, 9.17) is 9.68 Å². The summed E-state index contributed by atoms with van der Waals surface area (Å²) < 4.78 is 5.27. The molecule has 21 heavy (non-hydrogen) atoms. The Hall–Kier alpha value is -1.64. The summed E-state index contributed by atoms with van der Waals surface area (Å²) >= 11 is 3.23. The summed E-state index contributed by atoms with van der Waals surface area (Å²) in [6.45, 7) is 4.09. The Morgan fingerprint density at radius 2 is 1.81 bits per heavy atom. The van der Waals surface area contributed by atoms with Crippen molar-refractivity contribution in [2.75, 3.05) is 11.5 Å². The number of rotatable bonds is 5. The molecule has 0 atom stereocenters. The maximum Gasteiger partial charge on any atom is 0.355 e. The maximum absolute atomic E-state index is 11.9. The first-order valence-corrected chi connectivity index (χ1v) is 8.61. The van der Waals surface area contributed by atoms with Crippen LogP contribution in [-0.2, 0) is 0 Å². The van der Waals surface area contributed by atoms with Gasteiger partial charge in [0.15, 0.2) is 5.56 Å². The second-order valence-corrected chi connectivity index (χ2v) is 6.78. The summed E-state index contributed by atoms with van der Waals surface area (Å²) in [5.74, 6) is 2.31. The van der Waals surface area contributed by atoms with Gasteiger partial charge in [-0.05, 0) is 29.7 Å². The molecule has 0 aliphatic heterocycles. The Kier molecular flexibility index (Phi) is 5.54. The van der Waals surface area contributed by atoms with Gasteiger partial charge in [-0.2, -0.15) is 5.26 Å². The van der Waals surface area contributed by atoms with E-state index in [1.54, 1.807) is 17.8 Å². The lowest BCUT2D eigenvalue weighted by Gasteiger charge is -2.06. The average molecular weight is 317 g/mol. The number of benzene rings is 1. The van der Waals surface area contributed by atoms with E-state index in [1.165, 1.54) is 16.7 Å². The minimum Gasteiger partial charge on any atom is -0.422 e. The zero-order chi connectivity index (χ0) is 15.2. The summed E-state index contributed by atoms with van der Waals surface area (Å²) in [4.78, 5) is 13.8. The third kappa shape index (κ3) is 3.72. The zero-order valence-corrected chi connectivity index (χ0v) is 13.5. The molecule has 1 aromatic carbocycles. The summed E-state index contributed by atoms with van der Waals surface area (Å²) in [7, 11) is 0. The number of thioether (sulfide) groups is 2. The van der Waals surface area contributed by atoms with Crippen molar-refractivity contribution in [1.29, 1.82) is 5.26 Å². The van der Waals surface area contributed by atoms with Crippen LogP contribution in [0.2, 0.25) is 0 Å². The molecule has 0 bridgehead atoms. The van der Waals surface area contributed by atoms with E-state index in [0.717, 1.165) is 17.1 Å². The monoisotopic (exact) mass is 317 g/mol. The van der Waals surface area contributed by atoms with Crippen LogP contribution in [-0.4, -0.2) is 11.5 Å². The van der Waals surface area contributed by atoms with E-state index >= 15 is 0 Å². The number of nitrogens with zero attached hydrogens (tertiary/aromatic N) is 1. The average Bonchev–Trinajstić information content (AvgIpc) is 2.48. The van der Waals surface area contributed by atoms with Crippen molar-refractivity contribution in [1.82, 2.24) is 0 Å². The van der Waals surface area contributed by atoms with Crippen molar-refractivity contribution in [3.05, 3.63) is 46.3 Å². The lowest BCUT2D eigenvalue weighted by Crippen LogP contribution is -2.06. The quantitative estimate of drug-likeness (QED) is 0.765. The standard InChI is InChI=1S/C16H15NO2S2/c1-3-20-12-7-5-11(6-8-12)14-9-15(21-4-2)13(10-17)16(18)19-14/h5-9H,3-4H2,1-2H3. The normalized spacial score (nSPS) is 10.3. The molecular formula is C16H15NO2S2. The first-order chi connectivity index (χ1) is 10.2. The molecule has 0 aliphatic carbocycles. The Bertz CT molecular complexity index is 715. The predicted octanol–water partition coefficient (Wildman–Crippen LogP) is 4.40. The van der Waals surface area contributed by atoms with Crippen LogP contribution in [0.1, 0.15) is 19.4 Å². The van der Waals surface area contributed by atoms with Crippen LogP contribution in [0.4, 0.5) is 0 Å². The minimum atomic E-state index is -0.571. The number of nitriles is 1. The van der Waals surface area contributed by atoms with Crippen molar-refractivity contribution in [2.45, 2.75) is 23.6 Å². The van der Waals surface area contributed by atoms with E-state index in [1.807, 2.05) is 37.3 Å². The lowest BCUT2D eigenvalue weighted by molar-refractivity contribution is 0.518. The van der Waals surface area contributed by atoms with Crippen molar-refractivity contribution in [3.63, 3.8) is 0 Å². The first-order valence-electron chi connectivity index (χ1n) is 6.63. The highest BCUT2D eigenvalue weighted by molar-refractivity contribution is 7.99. The van der Waals surface area contributed by atoms with Gasteiger partial charge in [-0.3, -0.25) is 0 Å². The molecule has 0 spiro atoms. The summed E-state index contributed by atoms with van der Waals surface area (Å²) in [6, 6.07) is 11.6. The fourth-order valence-electron chi connectivity index (χ4n) is 1.87. The van der Waals surface area contributed by atoms with Crippen LogP contribution < -0.4 is 5.63 Å². The molecule has 0 aliphatic rings. The summed E-state index contributed by atoms with van der Waals surface area (Å²) in [5, 5.41) is 9.06. The lowest BCUT2D eigenvalue weighted by atomic mass is 10.1. The second-order valence-electron chi connectivity index (χ2n) is 4.14. The van der Waals surface area contributed by atoms with Crippen LogP contribution in [0.3, 0.4) is 0 Å². The van der Waals surface area contributed by atoms with E-state index in [-0.39, 0.29) is 5.56 Å². The Morgan fingerprint density at radius 1 is 1.14 bits per heavy atom. The fraction of sp³-hybridized carbons (Fsp3) is 0.250. The molecule has 0 saturated carbocycles. The van der Waals surface area contributed by atoms with Crippen molar-refractivity contribution >= 4 is 23.5 Å². The SMILES string of the molecule is CCSc1ccc(-c2cc(SCC)c(C#N)c(=O)o2)cc1. The van der Waals surface area contributed by atoms with E-state index < -0.39 is 5.63 Å². The van der Waals surface area contributed by atoms with Crippen LogP contribution in [0, 0.1) is 11.3 Å². The van der Waals surface area contributed by atoms with E-state index in [9.17, 15) is 4.79 Å². The van der Waals surface area contributed by atoms with Gasteiger partial charge in [0.05, 0.1) is 0 Å². The van der Waals surface area contributed by atoms with Gasteiger partial charge >= 0.3 is 5.63 Å². The Balaban J connectivity index is 2.44. The van der Waals surface area contributed by atoms with E-state index in [2.05, 4.69) is 6.92 Å². The van der Waals surface area contributed by atoms with Gasteiger partial charge in [-0.25, -0.2) is 4.79 Å². The van der Waals surface area contributed by atoms with Crippen LogP contribution in [0.5, 0.6) is 0 Å².